The summed E-state index contributed by atoms with van der Waals surface area (Å²) in [5.74, 6) is 0.866. The second kappa shape index (κ2) is 24.7. The van der Waals surface area contributed by atoms with Gasteiger partial charge < -0.3 is 33.5 Å². The molecule has 0 spiro atoms. The minimum absolute atomic E-state index is 0.441. The molecule has 30 heavy (non-hydrogen) atoms. The topological polar surface area (TPSA) is 60.5 Å². The van der Waals surface area contributed by atoms with E-state index in [0.29, 0.717) is 58.7 Å². The molecule has 0 unspecified atom stereocenters. The van der Waals surface area contributed by atoms with Gasteiger partial charge >= 0.3 is 0 Å². The summed E-state index contributed by atoms with van der Waals surface area (Å²) in [5, 5.41) is 0. The van der Waals surface area contributed by atoms with E-state index >= 15 is 0 Å². The van der Waals surface area contributed by atoms with Crippen molar-refractivity contribution in [3.05, 3.63) is 0 Å². The van der Waals surface area contributed by atoms with Crippen LogP contribution in [0.5, 0.6) is 0 Å². The van der Waals surface area contributed by atoms with Crippen molar-refractivity contribution in [1.82, 2.24) is 9.80 Å². The van der Waals surface area contributed by atoms with Gasteiger partial charge in [-0.3, -0.25) is 0 Å². The second-order valence-corrected chi connectivity index (χ2v) is 8.32. The fraction of sp³-hybridized carbons (Fsp3) is 0.957. The first kappa shape index (κ1) is 31.6. The first-order valence-electron chi connectivity index (χ1n) is 11.4. The zero-order valence-electron chi connectivity index (χ0n) is 20.9. The minimum atomic E-state index is 0.441. The molecule has 0 atom stereocenters. The summed E-state index contributed by atoms with van der Waals surface area (Å²) in [7, 11) is 6.34. The predicted molar refractivity (Wildman–Crippen MR) is 124 cm³/mol. The summed E-state index contributed by atoms with van der Waals surface area (Å²) in [6.07, 6.45) is 3.98. The van der Waals surface area contributed by atoms with Crippen molar-refractivity contribution in [2.45, 2.75) is 53.0 Å². The maximum Gasteiger partial charge on any atom is 0.122 e. The van der Waals surface area contributed by atoms with Crippen LogP contribution in [0, 0.1) is 5.92 Å². The van der Waals surface area contributed by atoms with Gasteiger partial charge in [0.15, 0.2) is 0 Å². The zero-order chi connectivity index (χ0) is 23.0. The Morgan fingerprint density at radius 2 is 1.17 bits per heavy atom. The third kappa shape index (κ3) is 29.6. The summed E-state index contributed by atoms with van der Waals surface area (Å²) in [5.41, 5.74) is 0. The van der Waals surface area contributed by atoms with Gasteiger partial charge in [0, 0.05) is 19.0 Å². The molecule has 0 aromatic carbocycles. The molecule has 0 N–H and O–H groups in total. The molecule has 0 rings (SSSR count). The van der Waals surface area contributed by atoms with Gasteiger partial charge in [0.25, 0.3) is 0 Å². The molecule has 0 aliphatic rings. The molecule has 0 amide bonds. The van der Waals surface area contributed by atoms with Crippen molar-refractivity contribution in [3.8, 4) is 0 Å². The highest BCUT2D eigenvalue weighted by Gasteiger charge is 2.01. The number of hydrogen-bond donors (Lipinski definition) is 0. The van der Waals surface area contributed by atoms with Crippen LogP contribution in [0.25, 0.3) is 0 Å². The molecule has 0 heterocycles. The monoisotopic (exact) mass is 434 g/mol. The molecule has 0 aliphatic carbocycles. The molecule has 0 saturated carbocycles. The van der Waals surface area contributed by atoms with Crippen LogP contribution in [0.3, 0.4) is 0 Å². The fourth-order valence-corrected chi connectivity index (χ4v) is 2.18. The summed E-state index contributed by atoms with van der Waals surface area (Å²) < 4.78 is 21.3. The SMILES string of the molecule is CC(C)CCCN(C)C.CC(C)N(C)CCOCCOCCOCCOCCC=O. The lowest BCUT2D eigenvalue weighted by atomic mass is 10.1. The van der Waals surface area contributed by atoms with E-state index in [4.69, 9.17) is 18.9 Å². The van der Waals surface area contributed by atoms with Crippen molar-refractivity contribution < 1.29 is 23.7 Å². The van der Waals surface area contributed by atoms with E-state index < -0.39 is 0 Å². The lowest BCUT2D eigenvalue weighted by Crippen LogP contribution is -2.30. The highest BCUT2D eigenvalue weighted by molar-refractivity contribution is 5.49. The van der Waals surface area contributed by atoms with E-state index in [9.17, 15) is 4.79 Å². The summed E-state index contributed by atoms with van der Waals surface area (Å²) in [4.78, 5) is 14.5. The molecule has 0 aliphatic heterocycles. The molecule has 0 fully saturated rings. The summed E-state index contributed by atoms with van der Waals surface area (Å²) in [6.45, 7) is 15.6. The molecule has 0 aromatic rings. The van der Waals surface area contributed by atoms with E-state index in [0.717, 1.165) is 25.4 Å². The number of likely N-dealkylation sites (N-methyl/N-ethyl adjacent to an activating group) is 1. The molecule has 7 nitrogen and oxygen atoms in total. The van der Waals surface area contributed by atoms with Crippen LogP contribution in [0.15, 0.2) is 0 Å². The van der Waals surface area contributed by atoms with Crippen LogP contribution in [0.1, 0.15) is 47.0 Å². The van der Waals surface area contributed by atoms with Gasteiger partial charge in [-0.15, -0.1) is 0 Å². The minimum Gasteiger partial charge on any atom is -0.379 e. The van der Waals surface area contributed by atoms with Gasteiger partial charge in [-0.2, -0.15) is 0 Å². The van der Waals surface area contributed by atoms with Crippen LogP contribution in [0.2, 0.25) is 0 Å². The number of carbonyl (C=O) groups is 1. The maximum atomic E-state index is 10.0. The number of aldehydes is 1. The Balaban J connectivity index is 0. The first-order chi connectivity index (χ1) is 14.3. The molecule has 0 aromatic heterocycles. The molecule has 7 heteroatoms. The van der Waals surface area contributed by atoms with Crippen LogP contribution < -0.4 is 0 Å². The van der Waals surface area contributed by atoms with Crippen molar-refractivity contribution in [1.29, 1.82) is 0 Å². The largest absolute Gasteiger partial charge is 0.379 e. The van der Waals surface area contributed by atoms with E-state index in [2.05, 4.69) is 58.6 Å². The van der Waals surface area contributed by atoms with E-state index in [1.165, 1.54) is 19.4 Å². The highest BCUT2D eigenvalue weighted by Crippen LogP contribution is 2.02. The van der Waals surface area contributed by atoms with E-state index in [-0.39, 0.29) is 0 Å². The first-order valence-corrected chi connectivity index (χ1v) is 11.4. The Kier molecular flexibility index (Phi) is 26.0. The standard InChI is InChI=1S/C15H31NO5.C8H19N/c1-15(2)16(3)5-8-19-10-12-21-14-13-20-11-9-18-7-4-6-17;1-8(2)6-5-7-9(3)4/h6,15H,4-5,7-14H2,1-3H3;8H,5-7H2,1-4H3. The van der Waals surface area contributed by atoms with E-state index in [1.807, 2.05) is 0 Å². The molecule has 0 bridgehead atoms. The van der Waals surface area contributed by atoms with E-state index in [1.54, 1.807) is 0 Å². The Hall–Kier alpha value is -0.570. The quantitative estimate of drug-likeness (QED) is 0.216. The van der Waals surface area contributed by atoms with Crippen molar-refractivity contribution >= 4 is 6.29 Å². The lowest BCUT2D eigenvalue weighted by Gasteiger charge is -2.20. The molecule has 0 saturated heterocycles. The van der Waals surface area contributed by atoms with Gasteiger partial charge in [-0.05, 0) is 60.3 Å². The van der Waals surface area contributed by atoms with Gasteiger partial charge in [-0.25, -0.2) is 0 Å². The lowest BCUT2D eigenvalue weighted by molar-refractivity contribution is -0.108. The van der Waals surface area contributed by atoms with Crippen LogP contribution >= 0.6 is 0 Å². The molecular weight excluding hydrogens is 384 g/mol. The fourth-order valence-electron chi connectivity index (χ4n) is 2.18. The van der Waals surface area contributed by atoms with Crippen molar-refractivity contribution in [2.24, 2.45) is 5.92 Å². The number of rotatable bonds is 20. The molecule has 182 valence electrons. The van der Waals surface area contributed by atoms with Crippen LogP contribution in [0.4, 0.5) is 0 Å². The average Bonchev–Trinajstić information content (AvgIpc) is 2.68. The molecular formula is C23H50N2O5. The Morgan fingerprint density at radius 1 is 0.700 bits per heavy atom. The number of nitrogens with zero attached hydrogens (tertiary/aromatic N) is 2. The third-order valence-electron chi connectivity index (χ3n) is 4.35. The van der Waals surface area contributed by atoms with Gasteiger partial charge in [0.05, 0.1) is 52.9 Å². The van der Waals surface area contributed by atoms with Crippen molar-refractivity contribution in [2.75, 3.05) is 87.1 Å². The van der Waals surface area contributed by atoms with Crippen LogP contribution in [-0.2, 0) is 23.7 Å². The van der Waals surface area contributed by atoms with Gasteiger partial charge in [0.1, 0.15) is 6.29 Å². The Morgan fingerprint density at radius 3 is 1.57 bits per heavy atom. The Bertz CT molecular complexity index is 334. The van der Waals surface area contributed by atoms with Gasteiger partial charge in [-0.1, -0.05) is 13.8 Å². The Labute approximate surface area is 186 Å². The maximum absolute atomic E-state index is 10.0. The molecule has 0 radical (unpaired) electrons. The average molecular weight is 435 g/mol. The summed E-state index contributed by atoms with van der Waals surface area (Å²) in [6, 6.07) is 0.546. The van der Waals surface area contributed by atoms with Crippen LogP contribution in [-0.4, -0.2) is 109 Å². The normalized spacial score (nSPS) is 11.4. The predicted octanol–water partition coefficient (Wildman–Crippen LogP) is 2.97. The highest BCUT2D eigenvalue weighted by atomic mass is 16.6. The van der Waals surface area contributed by atoms with Gasteiger partial charge in [0.2, 0.25) is 0 Å². The smallest absolute Gasteiger partial charge is 0.122 e. The number of carbonyl (C=O) groups excluding carboxylic acids is 1. The third-order valence-corrected chi connectivity index (χ3v) is 4.35. The second-order valence-electron chi connectivity index (χ2n) is 8.32. The summed E-state index contributed by atoms with van der Waals surface area (Å²) >= 11 is 0. The number of hydrogen-bond acceptors (Lipinski definition) is 7. The zero-order valence-corrected chi connectivity index (χ0v) is 20.9. The van der Waals surface area contributed by atoms with Crippen molar-refractivity contribution in [3.63, 3.8) is 0 Å². The number of ether oxygens (including phenoxy) is 4.